The van der Waals surface area contributed by atoms with Gasteiger partial charge in [0.25, 0.3) is 5.91 Å². The molecule has 0 radical (unpaired) electrons. The Labute approximate surface area is 153 Å². The Bertz CT molecular complexity index is 783. The van der Waals surface area contributed by atoms with Crippen LogP contribution < -0.4 is 0 Å². The molecule has 2 aromatic rings. The highest BCUT2D eigenvalue weighted by Crippen LogP contribution is 2.29. The summed E-state index contributed by atoms with van der Waals surface area (Å²) in [6, 6.07) is 7.59. The molecule has 1 aromatic carbocycles. The highest BCUT2D eigenvalue weighted by molar-refractivity contribution is 6.05. The van der Waals surface area contributed by atoms with E-state index in [0.717, 1.165) is 23.3 Å². The van der Waals surface area contributed by atoms with E-state index in [1.807, 2.05) is 34.1 Å². The van der Waals surface area contributed by atoms with Crippen LogP contribution >= 0.6 is 0 Å². The monoisotopic (exact) mass is 354 g/mol. The van der Waals surface area contributed by atoms with Gasteiger partial charge in [-0.15, -0.1) is 0 Å². The molecule has 4 rings (SSSR count). The third-order valence-electron chi connectivity index (χ3n) is 5.87. The summed E-state index contributed by atoms with van der Waals surface area (Å²) >= 11 is 0. The van der Waals surface area contributed by atoms with Gasteiger partial charge in [0.2, 0.25) is 5.91 Å². The topological polar surface area (TPSA) is 53.8 Å². The second-order valence-electron chi connectivity index (χ2n) is 7.51. The molecule has 0 unspecified atom stereocenters. The van der Waals surface area contributed by atoms with Crippen molar-refractivity contribution in [2.24, 2.45) is 5.92 Å². The van der Waals surface area contributed by atoms with Gasteiger partial charge in [-0.1, -0.05) is 43.9 Å². The first-order valence-electron chi connectivity index (χ1n) is 9.75. The predicted molar refractivity (Wildman–Crippen MR) is 99.9 cm³/mol. The molecule has 0 N–H and O–H groups in total. The number of para-hydroxylation sites is 1. The first-order chi connectivity index (χ1) is 12.7. The quantitative estimate of drug-likeness (QED) is 0.841. The molecule has 138 valence electrons. The Hall–Kier alpha value is -2.30. The second kappa shape index (κ2) is 7.52. The lowest BCUT2D eigenvalue weighted by Gasteiger charge is -2.35. The first-order valence-corrected chi connectivity index (χ1v) is 9.75. The predicted octanol–water partition coefficient (Wildman–Crippen LogP) is 3.69. The van der Waals surface area contributed by atoms with Gasteiger partial charge in [0.1, 0.15) is 11.8 Å². The van der Waals surface area contributed by atoms with Crippen LogP contribution in [-0.2, 0) is 4.79 Å². The SMILES string of the molecule is O=C(CCC1CCCC1)N1CCN(C(=O)c2coc3ccccc23)CC1. The molecule has 1 aromatic heterocycles. The number of carbonyl (C=O) groups excluding carboxylic acids is 2. The largest absolute Gasteiger partial charge is 0.463 e. The highest BCUT2D eigenvalue weighted by atomic mass is 16.3. The van der Waals surface area contributed by atoms with Crippen LogP contribution in [0.1, 0.15) is 48.9 Å². The molecular formula is C21H26N2O3. The Morgan fingerprint density at radius 2 is 1.69 bits per heavy atom. The number of piperazine rings is 1. The maximum Gasteiger partial charge on any atom is 0.257 e. The number of rotatable bonds is 4. The summed E-state index contributed by atoms with van der Waals surface area (Å²) in [5, 5.41) is 0.854. The molecule has 2 amide bonds. The van der Waals surface area contributed by atoms with Gasteiger partial charge in [0.05, 0.1) is 5.56 Å². The Morgan fingerprint density at radius 3 is 2.46 bits per heavy atom. The second-order valence-corrected chi connectivity index (χ2v) is 7.51. The standard InChI is InChI=1S/C21H26N2O3/c24-20(10-9-16-5-1-2-6-16)22-11-13-23(14-12-22)21(25)18-15-26-19-8-4-3-7-17(18)19/h3-4,7-8,15-16H,1-2,5-6,9-14H2. The van der Waals surface area contributed by atoms with Crippen molar-refractivity contribution in [1.82, 2.24) is 9.80 Å². The van der Waals surface area contributed by atoms with Gasteiger partial charge in [0.15, 0.2) is 0 Å². The van der Waals surface area contributed by atoms with E-state index in [1.54, 1.807) is 6.26 Å². The molecule has 2 heterocycles. The summed E-state index contributed by atoms with van der Waals surface area (Å²) in [6.45, 7) is 2.44. The van der Waals surface area contributed by atoms with E-state index in [1.165, 1.54) is 25.7 Å². The van der Waals surface area contributed by atoms with Crippen LogP contribution in [0.25, 0.3) is 11.0 Å². The normalized spacial score (nSPS) is 18.6. The van der Waals surface area contributed by atoms with Crippen LogP contribution in [0, 0.1) is 5.92 Å². The molecular weight excluding hydrogens is 328 g/mol. The van der Waals surface area contributed by atoms with Crippen molar-refractivity contribution in [2.45, 2.75) is 38.5 Å². The summed E-state index contributed by atoms with van der Waals surface area (Å²) in [6.07, 6.45) is 8.45. The van der Waals surface area contributed by atoms with Gasteiger partial charge in [0, 0.05) is 38.0 Å². The zero-order chi connectivity index (χ0) is 17.9. The molecule has 26 heavy (non-hydrogen) atoms. The maximum atomic E-state index is 12.8. The van der Waals surface area contributed by atoms with Gasteiger partial charge >= 0.3 is 0 Å². The van der Waals surface area contributed by atoms with Gasteiger partial charge in [-0.2, -0.15) is 0 Å². The average Bonchev–Trinajstić information content (AvgIpc) is 3.35. The number of hydrogen-bond donors (Lipinski definition) is 0. The minimum Gasteiger partial charge on any atom is -0.463 e. The van der Waals surface area contributed by atoms with Crippen LogP contribution in [0.5, 0.6) is 0 Å². The number of carbonyl (C=O) groups is 2. The van der Waals surface area contributed by atoms with Crippen molar-refractivity contribution in [1.29, 1.82) is 0 Å². The number of nitrogens with zero attached hydrogens (tertiary/aromatic N) is 2. The summed E-state index contributed by atoms with van der Waals surface area (Å²) in [7, 11) is 0. The third kappa shape index (κ3) is 3.48. The maximum absolute atomic E-state index is 12.8. The Morgan fingerprint density at radius 1 is 1.00 bits per heavy atom. The van der Waals surface area contributed by atoms with Crippen LogP contribution in [0.15, 0.2) is 34.9 Å². The third-order valence-corrected chi connectivity index (χ3v) is 5.87. The fourth-order valence-electron chi connectivity index (χ4n) is 4.26. The molecule has 1 aliphatic carbocycles. The molecule has 1 saturated heterocycles. The lowest BCUT2D eigenvalue weighted by Crippen LogP contribution is -2.50. The zero-order valence-corrected chi connectivity index (χ0v) is 15.2. The molecule has 5 nitrogen and oxygen atoms in total. The minimum absolute atomic E-state index is 0.00648. The van der Waals surface area contributed by atoms with Crippen LogP contribution in [0.4, 0.5) is 0 Å². The number of benzene rings is 1. The summed E-state index contributed by atoms with van der Waals surface area (Å²) in [4.78, 5) is 29.0. The van der Waals surface area contributed by atoms with Crippen LogP contribution in [-0.4, -0.2) is 47.8 Å². The number of hydrogen-bond acceptors (Lipinski definition) is 3. The summed E-state index contributed by atoms with van der Waals surface area (Å²) in [5.74, 6) is 0.988. The van der Waals surface area contributed by atoms with E-state index in [0.29, 0.717) is 38.2 Å². The molecule has 5 heteroatoms. The fraction of sp³-hybridized carbons (Fsp3) is 0.524. The smallest absolute Gasteiger partial charge is 0.257 e. The van der Waals surface area contributed by atoms with E-state index in [9.17, 15) is 9.59 Å². The molecule has 2 fully saturated rings. The zero-order valence-electron chi connectivity index (χ0n) is 15.2. The summed E-state index contributed by atoms with van der Waals surface area (Å²) < 4.78 is 5.49. The van der Waals surface area contributed by atoms with Gasteiger partial charge in [-0.05, 0) is 18.4 Å². The van der Waals surface area contributed by atoms with E-state index >= 15 is 0 Å². The Balaban J connectivity index is 1.31. The van der Waals surface area contributed by atoms with Crippen molar-refractivity contribution in [3.63, 3.8) is 0 Å². The highest BCUT2D eigenvalue weighted by Gasteiger charge is 2.27. The fourth-order valence-corrected chi connectivity index (χ4v) is 4.26. The first kappa shape index (κ1) is 17.1. The molecule has 0 spiro atoms. The van der Waals surface area contributed by atoms with E-state index in [2.05, 4.69) is 0 Å². The van der Waals surface area contributed by atoms with Crippen molar-refractivity contribution >= 4 is 22.8 Å². The minimum atomic E-state index is -0.00648. The molecule has 1 aliphatic heterocycles. The lowest BCUT2D eigenvalue weighted by atomic mass is 10.0. The molecule has 1 saturated carbocycles. The molecule has 0 atom stereocenters. The molecule has 2 aliphatic rings. The van der Waals surface area contributed by atoms with Crippen molar-refractivity contribution in [3.05, 3.63) is 36.1 Å². The van der Waals surface area contributed by atoms with E-state index in [4.69, 9.17) is 4.42 Å². The van der Waals surface area contributed by atoms with Gasteiger partial charge in [-0.3, -0.25) is 9.59 Å². The van der Waals surface area contributed by atoms with Crippen LogP contribution in [0.3, 0.4) is 0 Å². The molecule has 0 bridgehead atoms. The van der Waals surface area contributed by atoms with Crippen molar-refractivity contribution < 1.29 is 14.0 Å². The Kier molecular flexibility index (Phi) is 4.96. The van der Waals surface area contributed by atoms with Crippen molar-refractivity contribution in [3.8, 4) is 0 Å². The van der Waals surface area contributed by atoms with Crippen LogP contribution in [0.2, 0.25) is 0 Å². The number of furan rings is 1. The number of amides is 2. The average molecular weight is 354 g/mol. The van der Waals surface area contributed by atoms with Crippen molar-refractivity contribution in [2.75, 3.05) is 26.2 Å². The van der Waals surface area contributed by atoms with Gasteiger partial charge < -0.3 is 14.2 Å². The summed E-state index contributed by atoms with van der Waals surface area (Å²) in [5.41, 5.74) is 1.35. The lowest BCUT2D eigenvalue weighted by molar-refractivity contribution is -0.133. The number of fused-ring (bicyclic) bond motifs is 1. The van der Waals surface area contributed by atoms with E-state index in [-0.39, 0.29) is 11.8 Å². The van der Waals surface area contributed by atoms with Gasteiger partial charge in [-0.25, -0.2) is 0 Å². The van der Waals surface area contributed by atoms with E-state index < -0.39 is 0 Å².